The largest absolute Gasteiger partial charge is 0.481 e. The van der Waals surface area contributed by atoms with E-state index in [-0.39, 0.29) is 5.91 Å². The van der Waals surface area contributed by atoms with Gasteiger partial charge in [0.2, 0.25) is 0 Å². The number of amides is 1. The van der Waals surface area contributed by atoms with Crippen LogP contribution >= 0.6 is 15.9 Å². The molecule has 16 heavy (non-hydrogen) atoms. The average molecular weight is 290 g/mol. The fourth-order valence-electron chi connectivity index (χ4n) is 1.08. The molecule has 0 aliphatic carbocycles. The Kier molecular flexibility index (Phi) is 4.54. The van der Waals surface area contributed by atoms with Gasteiger partial charge in [0.05, 0.1) is 17.7 Å². The molecule has 0 radical (unpaired) electrons. The highest BCUT2D eigenvalue weighted by Gasteiger charge is 2.14. The molecule has 0 bridgehead atoms. The highest BCUT2D eigenvalue weighted by Crippen LogP contribution is 2.17. The third-order valence-corrected chi connectivity index (χ3v) is 2.76. The molecular weight excluding hydrogens is 278 g/mol. The van der Waals surface area contributed by atoms with Crippen LogP contribution in [0, 0.1) is 5.92 Å². The van der Waals surface area contributed by atoms with Gasteiger partial charge in [-0.05, 0) is 28.4 Å². The first kappa shape index (κ1) is 12.8. The molecule has 1 unspecified atom stereocenters. The minimum atomic E-state index is -0.862. The molecule has 6 heteroatoms. The number of carboxylic acids is 1. The fourth-order valence-corrected chi connectivity index (χ4v) is 1.50. The van der Waals surface area contributed by atoms with Crippen LogP contribution in [0.3, 0.4) is 0 Å². The van der Waals surface area contributed by atoms with Gasteiger partial charge in [-0.2, -0.15) is 0 Å². The lowest BCUT2D eigenvalue weighted by molar-refractivity contribution is -0.141. The van der Waals surface area contributed by atoms with E-state index in [1.54, 1.807) is 13.0 Å². The average Bonchev–Trinajstić information content (AvgIpc) is 2.64. The molecule has 0 aromatic carbocycles. The summed E-state index contributed by atoms with van der Waals surface area (Å²) in [6.07, 6.45) is 1.80. The number of rotatable bonds is 5. The number of hydrogen-bond donors (Lipinski definition) is 2. The summed E-state index contributed by atoms with van der Waals surface area (Å²) < 4.78 is 5.28. The highest BCUT2D eigenvalue weighted by atomic mass is 79.9. The van der Waals surface area contributed by atoms with Crippen molar-refractivity contribution in [1.29, 1.82) is 0 Å². The quantitative estimate of drug-likeness (QED) is 0.867. The van der Waals surface area contributed by atoms with Crippen LogP contribution in [-0.2, 0) is 4.79 Å². The molecule has 0 spiro atoms. The van der Waals surface area contributed by atoms with E-state index in [1.807, 2.05) is 0 Å². The van der Waals surface area contributed by atoms with Gasteiger partial charge < -0.3 is 14.8 Å². The maximum atomic E-state index is 11.5. The van der Waals surface area contributed by atoms with Gasteiger partial charge in [-0.1, -0.05) is 6.92 Å². The van der Waals surface area contributed by atoms with E-state index < -0.39 is 11.9 Å². The second-order valence-corrected chi connectivity index (χ2v) is 4.11. The van der Waals surface area contributed by atoms with Crippen molar-refractivity contribution in [3.63, 3.8) is 0 Å². The van der Waals surface area contributed by atoms with Gasteiger partial charge in [0, 0.05) is 6.54 Å². The molecule has 1 atom stereocenters. The lowest BCUT2D eigenvalue weighted by atomic mass is 10.1. The van der Waals surface area contributed by atoms with Crippen molar-refractivity contribution in [3.8, 4) is 0 Å². The van der Waals surface area contributed by atoms with Gasteiger partial charge in [-0.15, -0.1) is 0 Å². The summed E-state index contributed by atoms with van der Waals surface area (Å²) in [5.41, 5.74) is 0.406. The molecule has 1 aromatic heterocycles. The topological polar surface area (TPSA) is 79.5 Å². The molecule has 2 N–H and O–H groups in total. The van der Waals surface area contributed by atoms with Crippen LogP contribution in [0.2, 0.25) is 0 Å². The van der Waals surface area contributed by atoms with Crippen LogP contribution in [0.5, 0.6) is 0 Å². The predicted molar refractivity (Wildman–Crippen MR) is 60.2 cm³/mol. The van der Waals surface area contributed by atoms with Crippen LogP contribution in [0.4, 0.5) is 0 Å². The zero-order chi connectivity index (χ0) is 12.1. The molecule has 5 nitrogen and oxygen atoms in total. The third-order valence-electron chi connectivity index (χ3n) is 2.15. The van der Waals surface area contributed by atoms with E-state index in [4.69, 9.17) is 9.52 Å². The highest BCUT2D eigenvalue weighted by molar-refractivity contribution is 9.10. The number of nitrogens with one attached hydrogen (secondary N) is 1. The molecule has 1 amide bonds. The second kappa shape index (κ2) is 5.69. The normalized spacial score (nSPS) is 12.1. The molecule has 88 valence electrons. The van der Waals surface area contributed by atoms with Gasteiger partial charge >= 0.3 is 5.97 Å². The number of carbonyl (C=O) groups is 2. The SMILES string of the molecule is CC(CCNC(=O)c1ccoc1Br)C(=O)O. The molecule has 1 aromatic rings. The Morgan fingerprint density at radius 2 is 2.31 bits per heavy atom. The zero-order valence-corrected chi connectivity index (χ0v) is 10.3. The molecule has 1 rings (SSSR count). The second-order valence-electron chi connectivity index (χ2n) is 3.39. The number of aliphatic carboxylic acids is 1. The number of furan rings is 1. The third kappa shape index (κ3) is 3.37. The first-order chi connectivity index (χ1) is 7.52. The Labute approximate surface area is 101 Å². The van der Waals surface area contributed by atoms with E-state index in [0.717, 1.165) is 0 Å². The van der Waals surface area contributed by atoms with Crippen molar-refractivity contribution in [2.24, 2.45) is 5.92 Å². The Morgan fingerprint density at radius 1 is 1.62 bits per heavy atom. The molecule has 0 aliphatic heterocycles. The maximum absolute atomic E-state index is 11.5. The van der Waals surface area contributed by atoms with E-state index >= 15 is 0 Å². The summed E-state index contributed by atoms with van der Waals surface area (Å²) in [5.74, 6) is -1.61. The lowest BCUT2D eigenvalue weighted by Gasteiger charge is -2.06. The van der Waals surface area contributed by atoms with Gasteiger partial charge in [0.1, 0.15) is 0 Å². The molecule has 0 fully saturated rings. The minimum Gasteiger partial charge on any atom is -0.481 e. The molecular formula is C10H12BrNO4. The summed E-state index contributed by atoms with van der Waals surface area (Å²) in [6, 6.07) is 1.54. The molecule has 0 saturated carbocycles. The maximum Gasteiger partial charge on any atom is 0.306 e. The monoisotopic (exact) mass is 289 g/mol. The molecule has 1 heterocycles. The Balaban J connectivity index is 2.37. The first-order valence-corrected chi connectivity index (χ1v) is 5.55. The number of carbonyl (C=O) groups excluding carboxylic acids is 1. The van der Waals surface area contributed by atoms with E-state index in [0.29, 0.717) is 23.2 Å². The number of hydrogen-bond acceptors (Lipinski definition) is 3. The smallest absolute Gasteiger partial charge is 0.306 e. The fraction of sp³-hybridized carbons (Fsp3) is 0.400. The van der Waals surface area contributed by atoms with Crippen LogP contribution in [0.15, 0.2) is 21.4 Å². The van der Waals surface area contributed by atoms with Crippen LogP contribution < -0.4 is 5.32 Å². The summed E-state index contributed by atoms with van der Waals surface area (Å²) in [7, 11) is 0. The van der Waals surface area contributed by atoms with Crippen LogP contribution in [0.25, 0.3) is 0 Å². The van der Waals surface area contributed by atoms with Crippen LogP contribution in [0.1, 0.15) is 23.7 Å². The minimum absolute atomic E-state index is 0.279. The first-order valence-electron chi connectivity index (χ1n) is 4.76. The Morgan fingerprint density at radius 3 is 2.81 bits per heavy atom. The summed E-state index contributed by atoms with van der Waals surface area (Å²) >= 11 is 3.09. The van der Waals surface area contributed by atoms with E-state index in [2.05, 4.69) is 21.2 Å². The number of carboxylic acid groups (broad SMARTS) is 1. The van der Waals surface area contributed by atoms with Crippen molar-refractivity contribution < 1.29 is 19.1 Å². The van der Waals surface area contributed by atoms with Gasteiger partial charge in [-0.25, -0.2) is 0 Å². The summed E-state index contributed by atoms with van der Waals surface area (Å²) in [4.78, 5) is 22.1. The molecule has 0 aliphatic rings. The van der Waals surface area contributed by atoms with Crippen molar-refractivity contribution in [1.82, 2.24) is 5.32 Å². The zero-order valence-electron chi connectivity index (χ0n) is 8.70. The molecule has 0 saturated heterocycles. The Bertz CT molecular complexity index is 388. The summed E-state index contributed by atoms with van der Waals surface area (Å²) in [6.45, 7) is 1.92. The standard InChI is InChI=1S/C10H12BrNO4/c1-6(10(14)15)2-4-12-9(13)7-3-5-16-8(7)11/h3,5-6H,2,4H2,1H3,(H,12,13)(H,14,15). The Hall–Kier alpha value is -1.30. The summed E-state index contributed by atoms with van der Waals surface area (Å²) in [5, 5.41) is 11.3. The van der Waals surface area contributed by atoms with E-state index in [1.165, 1.54) is 6.26 Å². The van der Waals surface area contributed by atoms with Crippen molar-refractivity contribution in [2.45, 2.75) is 13.3 Å². The van der Waals surface area contributed by atoms with Crippen molar-refractivity contribution in [2.75, 3.05) is 6.54 Å². The lowest BCUT2D eigenvalue weighted by Crippen LogP contribution is -2.26. The van der Waals surface area contributed by atoms with Crippen LogP contribution in [-0.4, -0.2) is 23.5 Å². The number of halogens is 1. The van der Waals surface area contributed by atoms with Gasteiger partial charge in [-0.3, -0.25) is 9.59 Å². The van der Waals surface area contributed by atoms with Gasteiger partial charge in [0.25, 0.3) is 5.91 Å². The van der Waals surface area contributed by atoms with E-state index in [9.17, 15) is 9.59 Å². The predicted octanol–water partition coefficient (Wildman–Crippen LogP) is 1.88. The van der Waals surface area contributed by atoms with Crippen molar-refractivity contribution >= 4 is 27.8 Å². The van der Waals surface area contributed by atoms with Gasteiger partial charge in [0.15, 0.2) is 4.67 Å². The van der Waals surface area contributed by atoms with Crippen molar-refractivity contribution in [3.05, 3.63) is 22.6 Å².